The normalized spacial score (nSPS) is 23.9. The van der Waals surface area contributed by atoms with Gasteiger partial charge in [-0.1, -0.05) is 0 Å². The summed E-state index contributed by atoms with van der Waals surface area (Å²) >= 11 is 0. The van der Waals surface area contributed by atoms with Crippen LogP contribution in [0.15, 0.2) is 24.5 Å². The first-order valence-corrected chi connectivity index (χ1v) is 8.70. The topological polar surface area (TPSA) is 76.3 Å². The van der Waals surface area contributed by atoms with Gasteiger partial charge in [-0.2, -0.15) is 0 Å². The predicted octanol–water partition coefficient (Wildman–Crippen LogP) is 1.16. The van der Waals surface area contributed by atoms with E-state index in [1.807, 2.05) is 12.1 Å². The minimum Gasteiger partial charge on any atom is -0.328 e. The van der Waals surface area contributed by atoms with Crippen molar-refractivity contribution in [1.82, 2.24) is 9.29 Å². The molecule has 2 N–H and O–H groups in total. The van der Waals surface area contributed by atoms with E-state index in [-0.39, 0.29) is 17.8 Å². The van der Waals surface area contributed by atoms with Crippen molar-refractivity contribution in [3.05, 3.63) is 30.1 Å². The summed E-state index contributed by atoms with van der Waals surface area (Å²) in [5.41, 5.74) is 6.87. The summed E-state index contributed by atoms with van der Waals surface area (Å²) in [6.45, 7) is 0. The quantitative estimate of drug-likeness (QED) is 0.884. The average Bonchev–Trinajstić information content (AvgIpc) is 2.46. The van der Waals surface area contributed by atoms with Crippen LogP contribution in [0.4, 0.5) is 0 Å². The maximum atomic E-state index is 12.4. The number of pyridine rings is 1. The SMILES string of the molecule is CN(C1CCC(N)CC1)S(=O)(=O)CCc1ccncc1. The highest BCUT2D eigenvalue weighted by Crippen LogP contribution is 2.23. The van der Waals surface area contributed by atoms with Gasteiger partial charge in [0.15, 0.2) is 0 Å². The minimum absolute atomic E-state index is 0.109. The number of hydrogen-bond acceptors (Lipinski definition) is 4. The highest BCUT2D eigenvalue weighted by Gasteiger charge is 2.29. The van der Waals surface area contributed by atoms with E-state index in [1.165, 1.54) is 0 Å². The highest BCUT2D eigenvalue weighted by molar-refractivity contribution is 7.89. The molecule has 1 saturated carbocycles. The predicted molar refractivity (Wildman–Crippen MR) is 79.7 cm³/mol. The zero-order valence-corrected chi connectivity index (χ0v) is 12.7. The Kier molecular flexibility index (Phi) is 5.12. The first kappa shape index (κ1) is 15.4. The molecule has 0 aromatic carbocycles. The van der Waals surface area contributed by atoms with E-state index in [2.05, 4.69) is 4.98 Å². The summed E-state index contributed by atoms with van der Waals surface area (Å²) in [7, 11) is -1.51. The maximum Gasteiger partial charge on any atom is 0.214 e. The molecule has 6 heteroatoms. The second kappa shape index (κ2) is 6.65. The molecular formula is C14H23N3O2S. The summed E-state index contributed by atoms with van der Waals surface area (Å²) < 4.78 is 26.3. The Morgan fingerprint density at radius 1 is 1.25 bits per heavy atom. The molecule has 1 aliphatic rings. The molecule has 5 nitrogen and oxygen atoms in total. The van der Waals surface area contributed by atoms with Crippen LogP contribution in [0.3, 0.4) is 0 Å². The van der Waals surface area contributed by atoms with Gasteiger partial charge in [-0.25, -0.2) is 12.7 Å². The van der Waals surface area contributed by atoms with Crippen LogP contribution in [-0.2, 0) is 16.4 Å². The van der Waals surface area contributed by atoms with Gasteiger partial charge in [0.05, 0.1) is 5.75 Å². The second-order valence-corrected chi connectivity index (χ2v) is 7.65. The summed E-state index contributed by atoms with van der Waals surface area (Å²) in [4.78, 5) is 3.93. The number of sulfonamides is 1. The number of nitrogens with two attached hydrogens (primary N) is 1. The molecule has 0 radical (unpaired) electrons. The number of hydrogen-bond donors (Lipinski definition) is 1. The zero-order chi connectivity index (χ0) is 14.6. The first-order valence-electron chi connectivity index (χ1n) is 7.09. The van der Waals surface area contributed by atoms with Crippen LogP contribution in [0.25, 0.3) is 0 Å². The van der Waals surface area contributed by atoms with Crippen LogP contribution >= 0.6 is 0 Å². The Labute approximate surface area is 121 Å². The molecular weight excluding hydrogens is 274 g/mol. The number of aromatic nitrogens is 1. The molecule has 0 bridgehead atoms. The zero-order valence-electron chi connectivity index (χ0n) is 11.9. The molecule has 1 aromatic rings. The summed E-state index contributed by atoms with van der Waals surface area (Å²) in [6, 6.07) is 4.06. The van der Waals surface area contributed by atoms with E-state index in [0.717, 1.165) is 31.2 Å². The van der Waals surface area contributed by atoms with Crippen molar-refractivity contribution in [2.24, 2.45) is 5.73 Å². The smallest absolute Gasteiger partial charge is 0.214 e. The maximum absolute atomic E-state index is 12.4. The minimum atomic E-state index is -3.20. The van der Waals surface area contributed by atoms with Gasteiger partial charge in [-0.3, -0.25) is 4.98 Å². The fourth-order valence-electron chi connectivity index (χ4n) is 2.63. The van der Waals surface area contributed by atoms with E-state index < -0.39 is 10.0 Å². The molecule has 1 aromatic heterocycles. The van der Waals surface area contributed by atoms with E-state index in [9.17, 15) is 8.42 Å². The van der Waals surface area contributed by atoms with Crippen molar-refractivity contribution in [1.29, 1.82) is 0 Å². The van der Waals surface area contributed by atoms with Crippen LogP contribution in [-0.4, -0.2) is 42.6 Å². The standard InChI is InChI=1S/C14H23N3O2S/c1-17(14-4-2-13(15)3-5-14)20(18,19)11-8-12-6-9-16-10-7-12/h6-7,9-10,13-14H,2-5,8,11,15H2,1H3. The molecule has 2 rings (SSSR count). The van der Waals surface area contributed by atoms with Crippen molar-refractivity contribution in [3.63, 3.8) is 0 Å². The van der Waals surface area contributed by atoms with E-state index >= 15 is 0 Å². The Morgan fingerprint density at radius 3 is 2.45 bits per heavy atom. The van der Waals surface area contributed by atoms with E-state index in [4.69, 9.17) is 5.73 Å². The van der Waals surface area contributed by atoms with Crippen LogP contribution in [0, 0.1) is 0 Å². The van der Waals surface area contributed by atoms with Crippen molar-refractivity contribution in [2.45, 2.75) is 44.2 Å². The largest absolute Gasteiger partial charge is 0.328 e. The Morgan fingerprint density at radius 2 is 1.85 bits per heavy atom. The lowest BCUT2D eigenvalue weighted by Crippen LogP contribution is -2.42. The van der Waals surface area contributed by atoms with Crippen LogP contribution < -0.4 is 5.73 Å². The molecule has 1 heterocycles. The summed E-state index contributed by atoms with van der Waals surface area (Å²) in [5.74, 6) is 0.149. The van der Waals surface area contributed by atoms with Gasteiger partial charge in [0.25, 0.3) is 0 Å². The van der Waals surface area contributed by atoms with Gasteiger partial charge in [0.1, 0.15) is 0 Å². The monoisotopic (exact) mass is 297 g/mol. The molecule has 0 saturated heterocycles. The third-order valence-electron chi connectivity index (χ3n) is 4.09. The number of rotatable bonds is 5. The van der Waals surface area contributed by atoms with Gasteiger partial charge < -0.3 is 5.73 Å². The van der Waals surface area contributed by atoms with E-state index in [0.29, 0.717) is 6.42 Å². The van der Waals surface area contributed by atoms with Crippen LogP contribution in [0.2, 0.25) is 0 Å². The molecule has 0 unspecified atom stereocenters. The fraction of sp³-hybridized carbons (Fsp3) is 0.643. The van der Waals surface area contributed by atoms with Gasteiger partial charge in [-0.15, -0.1) is 0 Å². The molecule has 0 spiro atoms. The summed E-state index contributed by atoms with van der Waals surface area (Å²) in [5, 5.41) is 0. The van der Waals surface area contributed by atoms with E-state index in [1.54, 1.807) is 23.7 Å². The van der Waals surface area contributed by atoms with Crippen LogP contribution in [0.5, 0.6) is 0 Å². The second-order valence-electron chi connectivity index (χ2n) is 5.51. The molecule has 0 atom stereocenters. The van der Waals surface area contributed by atoms with Gasteiger partial charge in [0.2, 0.25) is 10.0 Å². The van der Waals surface area contributed by atoms with Gasteiger partial charge in [-0.05, 0) is 49.8 Å². The van der Waals surface area contributed by atoms with Crippen molar-refractivity contribution < 1.29 is 8.42 Å². The van der Waals surface area contributed by atoms with Crippen molar-refractivity contribution in [2.75, 3.05) is 12.8 Å². The van der Waals surface area contributed by atoms with Crippen LogP contribution in [0.1, 0.15) is 31.2 Å². The Hall–Kier alpha value is -0.980. The molecule has 20 heavy (non-hydrogen) atoms. The third kappa shape index (κ3) is 4.01. The fourth-order valence-corrected chi connectivity index (χ4v) is 4.08. The highest BCUT2D eigenvalue weighted by atomic mass is 32.2. The number of nitrogens with zero attached hydrogens (tertiary/aromatic N) is 2. The Bertz CT molecular complexity index is 510. The Balaban J connectivity index is 1.92. The lowest BCUT2D eigenvalue weighted by Gasteiger charge is -2.32. The van der Waals surface area contributed by atoms with Gasteiger partial charge in [0, 0.05) is 31.5 Å². The molecule has 1 aliphatic carbocycles. The molecule has 1 fully saturated rings. The number of aryl methyl sites for hydroxylation is 1. The molecule has 0 aliphatic heterocycles. The molecule has 112 valence electrons. The van der Waals surface area contributed by atoms with Crippen molar-refractivity contribution >= 4 is 10.0 Å². The van der Waals surface area contributed by atoms with Gasteiger partial charge >= 0.3 is 0 Å². The lowest BCUT2D eigenvalue weighted by molar-refractivity contribution is 0.268. The van der Waals surface area contributed by atoms with Crippen molar-refractivity contribution in [3.8, 4) is 0 Å². The first-order chi connectivity index (χ1) is 9.49. The lowest BCUT2D eigenvalue weighted by atomic mass is 9.92. The molecule has 0 amide bonds. The summed E-state index contributed by atoms with van der Waals surface area (Å²) in [6.07, 6.45) is 7.46. The third-order valence-corrected chi connectivity index (χ3v) is 5.99. The average molecular weight is 297 g/mol.